The van der Waals surface area contributed by atoms with E-state index in [2.05, 4.69) is 11.6 Å². The van der Waals surface area contributed by atoms with Crippen LogP contribution in [0.4, 0.5) is 0 Å². The summed E-state index contributed by atoms with van der Waals surface area (Å²) in [5.74, 6) is 0.564. The molecule has 170 valence electrons. The molecule has 2 aromatic heterocycles. The molecule has 1 aliphatic rings. The molecule has 0 spiro atoms. The van der Waals surface area contributed by atoms with Gasteiger partial charge in [-0.1, -0.05) is 38.6 Å². The average Bonchev–Trinajstić information content (AvgIpc) is 3.45. The summed E-state index contributed by atoms with van der Waals surface area (Å²) in [6.45, 7) is 11.5. The number of benzene rings is 1. The number of hydrogen-bond donors (Lipinski definition) is 0. The van der Waals surface area contributed by atoms with Gasteiger partial charge in [0.25, 0.3) is 0 Å². The summed E-state index contributed by atoms with van der Waals surface area (Å²) in [6, 6.07) is 11.9. The molecule has 1 aromatic carbocycles. The number of aromatic nitrogens is 2. The van der Waals surface area contributed by atoms with Crippen LogP contribution in [0.1, 0.15) is 58.3 Å². The maximum absolute atomic E-state index is 11.1. The lowest BCUT2D eigenvalue weighted by Crippen LogP contribution is -2.18. The summed E-state index contributed by atoms with van der Waals surface area (Å²) in [5, 5.41) is 0. The number of hydrogen-bond acceptors (Lipinski definition) is 6. The molecule has 0 amide bonds. The van der Waals surface area contributed by atoms with Crippen molar-refractivity contribution in [2.75, 3.05) is 0 Å². The molecule has 0 aliphatic heterocycles. The van der Waals surface area contributed by atoms with Gasteiger partial charge < -0.3 is 9.47 Å². The fourth-order valence-corrected chi connectivity index (χ4v) is 4.19. The summed E-state index contributed by atoms with van der Waals surface area (Å²) in [6.07, 6.45) is 6.69. The first-order chi connectivity index (χ1) is 15.4. The van der Waals surface area contributed by atoms with Crippen LogP contribution < -0.4 is 4.74 Å². The minimum absolute atomic E-state index is 0.0237. The lowest BCUT2D eigenvalue weighted by Gasteiger charge is -2.12. The third kappa shape index (κ3) is 6.39. The van der Waals surface area contributed by atoms with Crippen molar-refractivity contribution in [3.8, 4) is 16.5 Å². The predicted octanol–water partition coefficient (Wildman–Crippen LogP) is 6.92. The highest BCUT2D eigenvalue weighted by atomic mass is 32.1. The molecule has 1 fully saturated rings. The van der Waals surface area contributed by atoms with Gasteiger partial charge in [0.15, 0.2) is 0 Å². The van der Waals surface area contributed by atoms with E-state index in [1.807, 2.05) is 70.2 Å². The first-order valence-corrected chi connectivity index (χ1v) is 12.1. The van der Waals surface area contributed by atoms with Crippen LogP contribution in [-0.2, 0) is 9.53 Å². The van der Waals surface area contributed by atoms with Crippen LogP contribution in [0.3, 0.4) is 0 Å². The van der Waals surface area contributed by atoms with E-state index in [-0.39, 0.29) is 24.1 Å². The fraction of sp³-hybridized carbons (Fsp3) is 0.423. The standard InChI is InChI=1S/C17H16N2OS.C9H16O2/c1-4-12-9-10-15(21-12)16-17(20-11(2)3)19-14-8-6-5-7-13(14)18-16;1-7(2)9(10)11-8-5-3-4-6-8/h4-11H,1H2,2-3H3;7-8H,3-6H2,1-2H3. The van der Waals surface area contributed by atoms with Gasteiger partial charge in [-0.05, 0) is 63.8 Å². The Morgan fingerprint density at radius 2 is 1.72 bits per heavy atom. The van der Waals surface area contributed by atoms with Crippen LogP contribution in [0.2, 0.25) is 0 Å². The van der Waals surface area contributed by atoms with Crippen molar-refractivity contribution >= 4 is 34.4 Å². The maximum atomic E-state index is 11.1. The second kappa shape index (κ2) is 11.2. The third-order valence-corrected chi connectivity index (χ3v) is 6.09. The van der Waals surface area contributed by atoms with Crippen LogP contribution >= 0.6 is 11.3 Å². The summed E-state index contributed by atoms with van der Waals surface area (Å²) >= 11 is 1.64. The third-order valence-electron chi connectivity index (χ3n) is 5.00. The van der Waals surface area contributed by atoms with Crippen molar-refractivity contribution in [1.29, 1.82) is 0 Å². The van der Waals surface area contributed by atoms with E-state index in [1.54, 1.807) is 11.3 Å². The average molecular weight is 453 g/mol. The second-order valence-corrected chi connectivity index (χ2v) is 9.55. The van der Waals surface area contributed by atoms with E-state index in [1.165, 1.54) is 12.8 Å². The highest BCUT2D eigenvalue weighted by Gasteiger charge is 2.20. The van der Waals surface area contributed by atoms with Gasteiger partial charge in [-0.15, -0.1) is 11.3 Å². The normalized spacial score (nSPS) is 13.8. The summed E-state index contributed by atoms with van der Waals surface area (Å²) in [4.78, 5) is 22.6. The van der Waals surface area contributed by atoms with E-state index in [0.717, 1.165) is 39.3 Å². The maximum Gasteiger partial charge on any atom is 0.308 e. The van der Waals surface area contributed by atoms with Crippen molar-refractivity contribution in [2.45, 2.75) is 65.6 Å². The smallest absolute Gasteiger partial charge is 0.308 e. The van der Waals surface area contributed by atoms with E-state index >= 15 is 0 Å². The molecule has 1 aliphatic carbocycles. The molecule has 0 N–H and O–H groups in total. The Hall–Kier alpha value is -2.73. The van der Waals surface area contributed by atoms with Crippen LogP contribution in [0.15, 0.2) is 43.0 Å². The molecular formula is C26H32N2O3S. The Morgan fingerprint density at radius 1 is 1.06 bits per heavy atom. The molecule has 1 saturated carbocycles. The van der Waals surface area contributed by atoms with E-state index in [0.29, 0.717) is 5.88 Å². The van der Waals surface area contributed by atoms with Crippen molar-refractivity contribution in [3.63, 3.8) is 0 Å². The Balaban J connectivity index is 0.000000222. The Bertz CT molecular complexity index is 1050. The van der Waals surface area contributed by atoms with Crippen molar-refractivity contribution in [1.82, 2.24) is 9.97 Å². The predicted molar refractivity (Wildman–Crippen MR) is 132 cm³/mol. The summed E-state index contributed by atoms with van der Waals surface area (Å²) in [7, 11) is 0. The molecule has 0 saturated heterocycles. The monoisotopic (exact) mass is 452 g/mol. The summed E-state index contributed by atoms with van der Waals surface area (Å²) in [5.41, 5.74) is 2.51. The van der Waals surface area contributed by atoms with Gasteiger partial charge in [0.1, 0.15) is 11.8 Å². The number of thiophene rings is 1. The fourth-order valence-electron chi connectivity index (χ4n) is 3.35. The number of nitrogens with zero attached hydrogens (tertiary/aromatic N) is 2. The Labute approximate surface area is 194 Å². The Morgan fingerprint density at radius 3 is 2.28 bits per heavy atom. The molecule has 3 aromatic rings. The lowest BCUT2D eigenvalue weighted by molar-refractivity contribution is -0.152. The molecule has 6 heteroatoms. The van der Waals surface area contributed by atoms with E-state index in [4.69, 9.17) is 14.5 Å². The molecule has 5 nitrogen and oxygen atoms in total. The number of esters is 1. The SMILES string of the molecule is C=Cc1ccc(-c2nc3ccccc3nc2OC(C)C)s1.CC(C)C(=O)OC1CCCC1. The zero-order valence-corrected chi connectivity index (χ0v) is 20.2. The lowest BCUT2D eigenvalue weighted by atomic mass is 10.2. The van der Waals surface area contributed by atoms with Crippen LogP contribution in [0.25, 0.3) is 27.7 Å². The van der Waals surface area contributed by atoms with Gasteiger partial charge >= 0.3 is 5.97 Å². The van der Waals surface area contributed by atoms with Gasteiger partial charge in [-0.3, -0.25) is 4.79 Å². The highest BCUT2D eigenvalue weighted by Crippen LogP contribution is 2.34. The zero-order chi connectivity index (χ0) is 23.1. The van der Waals surface area contributed by atoms with E-state index < -0.39 is 0 Å². The quantitative estimate of drug-likeness (QED) is 0.380. The number of rotatable bonds is 6. The molecular weight excluding hydrogens is 420 g/mol. The van der Waals surface area contributed by atoms with Gasteiger partial charge in [0, 0.05) is 4.88 Å². The number of para-hydroxylation sites is 2. The zero-order valence-electron chi connectivity index (χ0n) is 19.3. The largest absolute Gasteiger partial charge is 0.473 e. The van der Waals surface area contributed by atoms with Gasteiger partial charge in [0.05, 0.1) is 27.9 Å². The van der Waals surface area contributed by atoms with Crippen molar-refractivity contribution < 1.29 is 14.3 Å². The highest BCUT2D eigenvalue weighted by molar-refractivity contribution is 7.16. The number of ether oxygens (including phenoxy) is 2. The summed E-state index contributed by atoms with van der Waals surface area (Å²) < 4.78 is 11.1. The van der Waals surface area contributed by atoms with Gasteiger partial charge in [-0.2, -0.15) is 0 Å². The minimum atomic E-state index is -0.0445. The molecule has 0 radical (unpaired) electrons. The first-order valence-electron chi connectivity index (χ1n) is 11.2. The molecule has 0 atom stereocenters. The minimum Gasteiger partial charge on any atom is -0.473 e. The molecule has 0 unspecified atom stereocenters. The van der Waals surface area contributed by atoms with Crippen molar-refractivity contribution in [3.05, 3.63) is 47.9 Å². The topological polar surface area (TPSA) is 61.3 Å². The van der Waals surface area contributed by atoms with Crippen molar-refractivity contribution in [2.24, 2.45) is 5.92 Å². The number of carbonyl (C=O) groups is 1. The van der Waals surface area contributed by atoms with Gasteiger partial charge in [-0.25, -0.2) is 9.97 Å². The van der Waals surface area contributed by atoms with Crippen LogP contribution in [0.5, 0.6) is 5.88 Å². The molecule has 0 bridgehead atoms. The van der Waals surface area contributed by atoms with E-state index in [9.17, 15) is 4.79 Å². The van der Waals surface area contributed by atoms with Gasteiger partial charge in [0.2, 0.25) is 5.88 Å². The Kier molecular flexibility index (Phi) is 8.39. The number of carbonyl (C=O) groups excluding carboxylic acids is 1. The first kappa shape index (κ1) is 23.9. The van der Waals surface area contributed by atoms with Crippen LogP contribution in [-0.4, -0.2) is 28.1 Å². The molecule has 32 heavy (non-hydrogen) atoms. The molecule has 2 heterocycles. The van der Waals surface area contributed by atoms with Crippen LogP contribution in [0, 0.1) is 5.92 Å². The molecule has 4 rings (SSSR count). The second-order valence-electron chi connectivity index (χ2n) is 8.44. The number of fused-ring (bicyclic) bond motifs is 1.